The number of nitrogens with zero attached hydrogens (tertiary/aromatic N) is 1. The number of allylic oxidation sites excluding steroid dienone is 3. The van der Waals surface area contributed by atoms with Crippen molar-refractivity contribution in [3.8, 4) is 0 Å². The summed E-state index contributed by atoms with van der Waals surface area (Å²) in [5.41, 5.74) is 1.11. The average Bonchev–Trinajstić information content (AvgIpc) is 1.93. The van der Waals surface area contributed by atoms with Gasteiger partial charge in [0.2, 0.25) is 0 Å². The summed E-state index contributed by atoms with van der Waals surface area (Å²) >= 11 is 5.74. The molecule has 0 aromatic heterocycles. The molecule has 0 aromatic rings. The van der Waals surface area contributed by atoms with E-state index in [1.807, 2.05) is 13.0 Å². The fourth-order valence-corrected chi connectivity index (χ4v) is 0.895. The molecule has 1 heterocycles. The highest BCUT2D eigenvalue weighted by atomic mass is 35.5. The Morgan fingerprint density at radius 3 is 3.22 bits per heavy atom. The van der Waals surface area contributed by atoms with Gasteiger partial charge in [-0.3, -0.25) is 4.99 Å². The molecule has 0 aromatic carbocycles. The molecule has 0 saturated heterocycles. The van der Waals surface area contributed by atoms with Crippen LogP contribution >= 0.6 is 11.6 Å². The predicted molar refractivity (Wildman–Crippen MR) is 40.8 cm³/mol. The zero-order valence-corrected chi connectivity index (χ0v) is 6.02. The van der Waals surface area contributed by atoms with Gasteiger partial charge in [0.15, 0.2) is 0 Å². The molecule has 9 heavy (non-hydrogen) atoms. The maximum Gasteiger partial charge on any atom is 0.0293 e. The van der Waals surface area contributed by atoms with Gasteiger partial charge >= 0.3 is 0 Å². The van der Waals surface area contributed by atoms with E-state index in [0.717, 1.165) is 17.0 Å². The van der Waals surface area contributed by atoms with Crippen molar-refractivity contribution in [2.75, 3.05) is 0 Å². The highest BCUT2D eigenvalue weighted by Gasteiger charge is 1.92. The number of rotatable bonds is 0. The first-order valence-electron chi connectivity index (χ1n) is 2.83. The molecule has 0 bridgehead atoms. The lowest BCUT2D eigenvalue weighted by Gasteiger charge is -1.87. The summed E-state index contributed by atoms with van der Waals surface area (Å²) in [7, 11) is 0. The van der Waals surface area contributed by atoms with Crippen molar-refractivity contribution in [1.82, 2.24) is 0 Å². The summed E-state index contributed by atoms with van der Waals surface area (Å²) in [5, 5.41) is 0.852. The van der Waals surface area contributed by atoms with Crippen LogP contribution in [0.2, 0.25) is 0 Å². The fraction of sp³-hybridized carbons (Fsp3) is 0.286. The second kappa shape index (κ2) is 2.83. The van der Waals surface area contributed by atoms with E-state index in [9.17, 15) is 0 Å². The van der Waals surface area contributed by atoms with Gasteiger partial charge in [-0.05, 0) is 18.6 Å². The molecule has 2 heteroatoms. The molecule has 48 valence electrons. The largest absolute Gasteiger partial charge is 0.268 e. The third kappa shape index (κ3) is 2.02. The predicted octanol–water partition coefficient (Wildman–Crippen LogP) is 2.49. The molecule has 1 aliphatic rings. The Morgan fingerprint density at radius 1 is 1.67 bits per heavy atom. The van der Waals surface area contributed by atoms with Crippen LogP contribution in [0.1, 0.15) is 13.3 Å². The van der Waals surface area contributed by atoms with Crippen molar-refractivity contribution < 1.29 is 0 Å². The Bertz CT molecular complexity index is 189. The lowest BCUT2D eigenvalue weighted by atomic mass is 10.3. The van der Waals surface area contributed by atoms with E-state index in [-0.39, 0.29) is 0 Å². The molecule has 0 saturated carbocycles. The van der Waals surface area contributed by atoms with Crippen molar-refractivity contribution in [2.45, 2.75) is 13.3 Å². The van der Waals surface area contributed by atoms with Crippen LogP contribution in [0.5, 0.6) is 0 Å². The summed E-state index contributed by atoms with van der Waals surface area (Å²) in [6.45, 7) is 1.98. The van der Waals surface area contributed by atoms with Gasteiger partial charge in [0.05, 0.1) is 0 Å². The Labute approximate surface area is 59.7 Å². The number of hydrogen-bond donors (Lipinski definition) is 0. The maximum absolute atomic E-state index is 5.74. The molecular weight excluding hydrogens is 134 g/mol. The lowest BCUT2D eigenvalue weighted by molar-refractivity contribution is 1.44. The van der Waals surface area contributed by atoms with E-state index < -0.39 is 0 Å². The summed E-state index contributed by atoms with van der Waals surface area (Å²) < 4.78 is 0. The van der Waals surface area contributed by atoms with Crippen molar-refractivity contribution in [2.24, 2.45) is 4.99 Å². The first-order chi connectivity index (χ1) is 4.29. The van der Waals surface area contributed by atoms with Crippen molar-refractivity contribution >= 4 is 17.8 Å². The van der Waals surface area contributed by atoms with Crippen LogP contribution in [-0.4, -0.2) is 6.21 Å². The zero-order chi connectivity index (χ0) is 6.69. The topological polar surface area (TPSA) is 12.4 Å². The first-order valence-corrected chi connectivity index (χ1v) is 3.21. The Balaban J connectivity index is 2.82. The number of aliphatic imine (C=N–C) groups is 1. The molecule has 0 N–H and O–H groups in total. The third-order valence-corrected chi connectivity index (χ3v) is 1.32. The third-order valence-electron chi connectivity index (χ3n) is 1.05. The van der Waals surface area contributed by atoms with E-state index in [4.69, 9.17) is 11.6 Å². The van der Waals surface area contributed by atoms with E-state index >= 15 is 0 Å². The molecule has 1 nitrogen and oxygen atoms in total. The molecule has 0 spiro atoms. The zero-order valence-electron chi connectivity index (χ0n) is 5.26. The molecule has 0 unspecified atom stereocenters. The summed E-state index contributed by atoms with van der Waals surface area (Å²) in [6.07, 6.45) is 6.29. The van der Waals surface area contributed by atoms with Gasteiger partial charge in [-0.15, -0.1) is 0 Å². The minimum absolute atomic E-state index is 0.759. The first kappa shape index (κ1) is 6.56. The lowest BCUT2D eigenvalue weighted by Crippen LogP contribution is -1.71. The molecule has 0 amide bonds. The van der Waals surface area contributed by atoms with E-state index in [2.05, 4.69) is 4.99 Å². The van der Waals surface area contributed by atoms with Gasteiger partial charge in [-0.25, -0.2) is 0 Å². The summed E-state index contributed by atoms with van der Waals surface area (Å²) in [4.78, 5) is 3.98. The molecule has 0 atom stereocenters. The molecule has 1 aliphatic heterocycles. The Kier molecular flexibility index (Phi) is 2.06. The van der Waals surface area contributed by atoms with E-state index in [0.29, 0.717) is 0 Å². The number of hydrogen-bond acceptors (Lipinski definition) is 1. The molecule has 0 aliphatic carbocycles. The SMILES string of the molecule is CC1=CN=CCC(Cl)=C1. The van der Waals surface area contributed by atoms with Gasteiger partial charge in [-0.2, -0.15) is 0 Å². The average molecular weight is 142 g/mol. The van der Waals surface area contributed by atoms with Gasteiger partial charge in [-0.1, -0.05) is 11.6 Å². The summed E-state index contributed by atoms with van der Waals surface area (Å²) in [6, 6.07) is 0. The highest BCUT2D eigenvalue weighted by Crippen LogP contribution is 2.11. The van der Waals surface area contributed by atoms with Crippen LogP contribution < -0.4 is 0 Å². The van der Waals surface area contributed by atoms with Gasteiger partial charge in [0, 0.05) is 23.9 Å². The molecule has 1 rings (SSSR count). The van der Waals surface area contributed by atoms with E-state index in [1.54, 1.807) is 12.4 Å². The van der Waals surface area contributed by atoms with Crippen LogP contribution in [-0.2, 0) is 0 Å². The van der Waals surface area contributed by atoms with Crippen LogP contribution in [0.15, 0.2) is 27.9 Å². The smallest absolute Gasteiger partial charge is 0.0293 e. The quantitative estimate of drug-likeness (QED) is 0.492. The fourth-order valence-electron chi connectivity index (χ4n) is 0.653. The van der Waals surface area contributed by atoms with Crippen LogP contribution in [0.25, 0.3) is 0 Å². The van der Waals surface area contributed by atoms with Crippen molar-refractivity contribution in [3.05, 3.63) is 22.9 Å². The molecule has 0 fully saturated rings. The van der Waals surface area contributed by atoms with E-state index in [1.165, 1.54) is 0 Å². The second-order valence-electron chi connectivity index (χ2n) is 2.00. The molecule has 0 radical (unpaired) electrons. The Hall–Kier alpha value is -0.560. The van der Waals surface area contributed by atoms with Gasteiger partial charge < -0.3 is 0 Å². The molecular formula is C7H8ClN. The minimum Gasteiger partial charge on any atom is -0.268 e. The Morgan fingerprint density at radius 2 is 2.44 bits per heavy atom. The van der Waals surface area contributed by atoms with Crippen LogP contribution in [0.4, 0.5) is 0 Å². The second-order valence-corrected chi connectivity index (χ2v) is 2.49. The van der Waals surface area contributed by atoms with Crippen LogP contribution in [0.3, 0.4) is 0 Å². The monoisotopic (exact) mass is 141 g/mol. The standard InChI is InChI=1S/C7H8ClN/c1-6-4-7(8)2-3-9-5-6/h3-5H,2H2,1H3. The number of halogens is 1. The van der Waals surface area contributed by atoms with Crippen molar-refractivity contribution in [1.29, 1.82) is 0 Å². The van der Waals surface area contributed by atoms with Gasteiger partial charge in [0.25, 0.3) is 0 Å². The maximum atomic E-state index is 5.74. The minimum atomic E-state index is 0.759. The van der Waals surface area contributed by atoms with Crippen molar-refractivity contribution in [3.63, 3.8) is 0 Å². The summed E-state index contributed by atoms with van der Waals surface area (Å²) in [5.74, 6) is 0. The normalized spacial score (nSPS) is 18.4. The van der Waals surface area contributed by atoms with Crippen LogP contribution in [0, 0.1) is 0 Å². The highest BCUT2D eigenvalue weighted by molar-refractivity contribution is 6.30. The van der Waals surface area contributed by atoms with Gasteiger partial charge in [0.1, 0.15) is 0 Å².